The number of aliphatic hydroxyl groups is 1. The molecule has 0 spiro atoms. The third-order valence-corrected chi connectivity index (χ3v) is 2.87. The molecule has 0 aliphatic heterocycles. The lowest BCUT2D eigenvalue weighted by Gasteiger charge is -1.98. The van der Waals surface area contributed by atoms with E-state index in [0.29, 0.717) is 29.7 Å². The molecule has 0 fully saturated rings. The van der Waals surface area contributed by atoms with Crippen molar-refractivity contribution >= 4 is 28.5 Å². The van der Waals surface area contributed by atoms with E-state index in [0.717, 1.165) is 11.3 Å². The molecule has 2 rings (SSSR count). The second kappa shape index (κ2) is 5.90. The van der Waals surface area contributed by atoms with Crippen LogP contribution < -0.4 is 5.73 Å². The number of benzene rings is 1. The second-order valence-corrected chi connectivity index (χ2v) is 4.44. The molecular weight excluding hydrogens is 240 g/mol. The zero-order chi connectivity index (χ0) is 12.1. The molecule has 3 N–H and O–H groups in total. The number of ether oxygens (including phenoxy) is 1. The number of hydrogen-bond donors (Lipinski definition) is 2. The Morgan fingerprint density at radius 2 is 2.29 bits per heavy atom. The van der Waals surface area contributed by atoms with Crippen molar-refractivity contribution < 1.29 is 14.3 Å². The van der Waals surface area contributed by atoms with Crippen molar-refractivity contribution in [2.24, 2.45) is 0 Å². The Bertz CT molecular complexity index is 487. The minimum atomic E-state index is 0.0484. The van der Waals surface area contributed by atoms with Gasteiger partial charge in [0.15, 0.2) is 5.58 Å². The Hall–Kier alpha value is -1.24. The number of nitrogen functional groups attached to an aromatic ring is 1. The fraction of sp³-hybridized carbons (Fsp3) is 0.364. The number of hydrogen-bond acceptors (Lipinski definition) is 6. The van der Waals surface area contributed by atoms with Gasteiger partial charge in [0.1, 0.15) is 5.52 Å². The van der Waals surface area contributed by atoms with E-state index in [1.54, 1.807) is 12.1 Å². The van der Waals surface area contributed by atoms with E-state index in [9.17, 15) is 0 Å². The highest BCUT2D eigenvalue weighted by Crippen LogP contribution is 2.24. The fourth-order valence-corrected chi connectivity index (χ4v) is 2.02. The number of aliphatic hydroxyl groups excluding tert-OH is 1. The highest BCUT2D eigenvalue weighted by atomic mass is 32.2. The first-order valence-electron chi connectivity index (χ1n) is 5.27. The molecule has 0 bridgehead atoms. The molecule has 5 nitrogen and oxygen atoms in total. The van der Waals surface area contributed by atoms with Gasteiger partial charge in [-0.05, 0) is 12.1 Å². The van der Waals surface area contributed by atoms with Gasteiger partial charge in [0.05, 0.1) is 19.8 Å². The summed E-state index contributed by atoms with van der Waals surface area (Å²) in [7, 11) is 0. The van der Waals surface area contributed by atoms with Gasteiger partial charge in [0, 0.05) is 17.5 Å². The number of aromatic nitrogens is 1. The third kappa shape index (κ3) is 3.36. The molecule has 17 heavy (non-hydrogen) atoms. The van der Waals surface area contributed by atoms with Crippen LogP contribution in [0.2, 0.25) is 0 Å². The average Bonchev–Trinajstić information content (AvgIpc) is 2.70. The van der Waals surface area contributed by atoms with Crippen LogP contribution in [0, 0.1) is 0 Å². The number of oxazole rings is 1. The monoisotopic (exact) mass is 254 g/mol. The van der Waals surface area contributed by atoms with Crippen molar-refractivity contribution in [1.82, 2.24) is 4.98 Å². The van der Waals surface area contributed by atoms with Gasteiger partial charge in [0.25, 0.3) is 5.22 Å². The molecule has 2 aromatic rings. The van der Waals surface area contributed by atoms with E-state index in [-0.39, 0.29) is 6.61 Å². The number of rotatable bonds is 6. The molecule has 6 heteroatoms. The van der Waals surface area contributed by atoms with Gasteiger partial charge in [-0.25, -0.2) is 4.98 Å². The fourth-order valence-electron chi connectivity index (χ4n) is 1.34. The summed E-state index contributed by atoms with van der Waals surface area (Å²) < 4.78 is 10.7. The average molecular weight is 254 g/mol. The van der Waals surface area contributed by atoms with Crippen LogP contribution >= 0.6 is 11.8 Å². The van der Waals surface area contributed by atoms with Gasteiger partial charge in [-0.2, -0.15) is 0 Å². The quantitative estimate of drug-likeness (QED) is 0.462. The largest absolute Gasteiger partial charge is 0.431 e. The summed E-state index contributed by atoms with van der Waals surface area (Å²) in [6, 6.07) is 5.39. The summed E-state index contributed by atoms with van der Waals surface area (Å²) in [4.78, 5) is 4.31. The lowest BCUT2D eigenvalue weighted by molar-refractivity contribution is 0.103. The van der Waals surface area contributed by atoms with Crippen molar-refractivity contribution in [2.75, 3.05) is 31.3 Å². The van der Waals surface area contributed by atoms with Crippen LogP contribution in [0.1, 0.15) is 0 Å². The minimum absolute atomic E-state index is 0.0484. The summed E-state index contributed by atoms with van der Waals surface area (Å²) in [6.45, 7) is 0.976. The van der Waals surface area contributed by atoms with Crippen LogP contribution in [0.4, 0.5) is 5.69 Å². The predicted octanol–water partition coefficient (Wildman–Crippen LogP) is 1.51. The number of thioether (sulfide) groups is 1. The molecule has 0 saturated heterocycles. The maximum atomic E-state index is 8.53. The molecule has 0 amide bonds. The third-order valence-electron chi connectivity index (χ3n) is 2.08. The van der Waals surface area contributed by atoms with E-state index in [1.165, 1.54) is 11.8 Å². The molecule has 92 valence electrons. The molecule has 1 aromatic carbocycles. The Balaban J connectivity index is 1.91. The smallest absolute Gasteiger partial charge is 0.256 e. The lowest BCUT2D eigenvalue weighted by atomic mass is 10.3. The molecule has 0 aliphatic rings. The van der Waals surface area contributed by atoms with Crippen LogP contribution in [-0.2, 0) is 4.74 Å². The Kier molecular flexibility index (Phi) is 4.24. The van der Waals surface area contributed by atoms with Gasteiger partial charge in [0.2, 0.25) is 0 Å². The predicted molar refractivity (Wildman–Crippen MR) is 67.1 cm³/mol. The Morgan fingerprint density at radius 1 is 1.41 bits per heavy atom. The number of nitrogens with two attached hydrogens (primary N) is 1. The first-order valence-corrected chi connectivity index (χ1v) is 6.25. The topological polar surface area (TPSA) is 81.5 Å². The molecule has 1 heterocycles. The molecular formula is C11H14N2O3S. The number of anilines is 1. The number of nitrogens with zero attached hydrogens (tertiary/aromatic N) is 1. The van der Waals surface area contributed by atoms with Crippen molar-refractivity contribution in [3.05, 3.63) is 18.2 Å². The zero-order valence-electron chi connectivity index (χ0n) is 9.26. The van der Waals surface area contributed by atoms with E-state index in [1.807, 2.05) is 6.07 Å². The molecule has 0 unspecified atom stereocenters. The highest BCUT2D eigenvalue weighted by molar-refractivity contribution is 7.99. The summed E-state index contributed by atoms with van der Waals surface area (Å²) in [5.41, 5.74) is 7.81. The van der Waals surface area contributed by atoms with Crippen molar-refractivity contribution in [3.63, 3.8) is 0 Å². The molecule has 0 radical (unpaired) electrons. The normalized spacial score (nSPS) is 11.1. The van der Waals surface area contributed by atoms with Crippen LogP contribution in [0.15, 0.2) is 27.8 Å². The maximum absolute atomic E-state index is 8.53. The van der Waals surface area contributed by atoms with E-state index < -0.39 is 0 Å². The molecule has 1 aromatic heterocycles. The van der Waals surface area contributed by atoms with Crippen molar-refractivity contribution in [3.8, 4) is 0 Å². The minimum Gasteiger partial charge on any atom is -0.431 e. The van der Waals surface area contributed by atoms with Gasteiger partial charge < -0.3 is 20.0 Å². The summed E-state index contributed by atoms with van der Waals surface area (Å²) >= 11 is 1.48. The second-order valence-electron chi connectivity index (χ2n) is 3.39. The summed E-state index contributed by atoms with van der Waals surface area (Å²) in [5.74, 6) is 0.738. The van der Waals surface area contributed by atoms with Gasteiger partial charge in [-0.3, -0.25) is 0 Å². The van der Waals surface area contributed by atoms with Gasteiger partial charge >= 0.3 is 0 Å². The molecule has 0 aliphatic carbocycles. The Morgan fingerprint density at radius 3 is 3.12 bits per heavy atom. The van der Waals surface area contributed by atoms with Crippen LogP contribution in [0.25, 0.3) is 11.1 Å². The van der Waals surface area contributed by atoms with Crippen LogP contribution in [-0.4, -0.2) is 35.7 Å². The van der Waals surface area contributed by atoms with Gasteiger partial charge in [-0.1, -0.05) is 11.8 Å². The van der Waals surface area contributed by atoms with E-state index in [4.69, 9.17) is 20.0 Å². The molecule has 0 atom stereocenters. The van der Waals surface area contributed by atoms with E-state index in [2.05, 4.69) is 4.98 Å². The SMILES string of the molecule is Nc1ccc2nc(SCCOCCO)oc2c1. The lowest BCUT2D eigenvalue weighted by Crippen LogP contribution is -2.02. The van der Waals surface area contributed by atoms with Gasteiger partial charge in [-0.15, -0.1) is 0 Å². The first-order chi connectivity index (χ1) is 8.29. The number of fused-ring (bicyclic) bond motifs is 1. The maximum Gasteiger partial charge on any atom is 0.256 e. The molecule has 0 saturated carbocycles. The van der Waals surface area contributed by atoms with Crippen molar-refractivity contribution in [1.29, 1.82) is 0 Å². The zero-order valence-corrected chi connectivity index (χ0v) is 10.1. The first kappa shape index (κ1) is 12.2. The standard InChI is InChI=1S/C11H14N2O3S/c12-8-1-2-9-10(7-8)16-11(13-9)17-6-5-15-4-3-14/h1-2,7,14H,3-6,12H2. The van der Waals surface area contributed by atoms with E-state index >= 15 is 0 Å². The van der Waals surface area contributed by atoms with Crippen LogP contribution in [0.5, 0.6) is 0 Å². The highest BCUT2D eigenvalue weighted by Gasteiger charge is 2.06. The summed E-state index contributed by atoms with van der Waals surface area (Å²) in [6.07, 6.45) is 0. The Labute approximate surface area is 103 Å². The van der Waals surface area contributed by atoms with Crippen LogP contribution in [0.3, 0.4) is 0 Å². The van der Waals surface area contributed by atoms with Crippen molar-refractivity contribution in [2.45, 2.75) is 5.22 Å². The summed E-state index contributed by atoms with van der Waals surface area (Å²) in [5, 5.41) is 9.14.